The molecule has 9 N–H and O–H groups in total. The van der Waals surface area contributed by atoms with Crippen LogP contribution in [-0.4, -0.2) is 121 Å². The van der Waals surface area contributed by atoms with Crippen molar-refractivity contribution in [1.82, 2.24) is 30.1 Å². The first-order valence-electron chi connectivity index (χ1n) is 35.5. The van der Waals surface area contributed by atoms with Gasteiger partial charge in [-0.05, 0) is 160 Å². The van der Waals surface area contributed by atoms with Gasteiger partial charge in [0.1, 0.15) is 22.6 Å². The van der Waals surface area contributed by atoms with Crippen LogP contribution < -0.4 is 27.5 Å². The van der Waals surface area contributed by atoms with Crippen LogP contribution in [0.3, 0.4) is 0 Å². The zero-order valence-corrected chi connectivity index (χ0v) is 62.6. The van der Waals surface area contributed by atoms with E-state index in [9.17, 15) is 44.1 Å². The highest BCUT2D eigenvalue weighted by molar-refractivity contribution is 9.11. The van der Waals surface area contributed by atoms with E-state index in [-0.39, 0.29) is 52.4 Å². The third-order valence-corrected chi connectivity index (χ3v) is 20.2. The maximum atomic E-state index is 13.5. The molecule has 3 aromatic heterocycles. The normalized spacial score (nSPS) is 15.3. The fourth-order valence-corrected chi connectivity index (χ4v) is 13.5. The minimum atomic E-state index is -1.36. The molecule has 0 radical (unpaired) electrons. The molecule has 0 saturated carbocycles. The van der Waals surface area contributed by atoms with E-state index < -0.39 is 41.6 Å². The van der Waals surface area contributed by atoms with Gasteiger partial charge in [-0.3, -0.25) is 24.0 Å². The van der Waals surface area contributed by atoms with Crippen molar-refractivity contribution < 1.29 is 44.5 Å². The lowest BCUT2D eigenvalue weighted by atomic mass is 9.79. The molecule has 3 aliphatic rings. The second-order valence-electron chi connectivity index (χ2n) is 26.4. The van der Waals surface area contributed by atoms with Crippen molar-refractivity contribution in [2.24, 2.45) is 0 Å². The number of aromatic hydroxyl groups is 3. The number of nitrogens with one attached hydrogen (secondary N) is 4. The molecule has 0 spiro atoms. The average molecular weight is 1510 g/mol. The quantitative estimate of drug-likeness (QED) is 0.0254. The highest BCUT2D eigenvalue weighted by Crippen LogP contribution is 2.38. The molecule has 6 heterocycles. The number of carbonyl (C=O) groups is 3. The van der Waals surface area contributed by atoms with Crippen molar-refractivity contribution in [3.8, 4) is 28.4 Å². The molecule has 0 bridgehead atoms. The SMILES string of the molecule is CC(C)c1cccc(B(O)O)c1.CCCCc1[nH]c(=O)c(C(=O)N2CC[C@H](c3ccccc3)C2)c(O)c1-c1cccc(C(C)C)c1.CCCCc1[nH]c(=O)c(C(=O)N2CC[C@H](c3ccccc3)C2)c(O)c1Br.CCCCc1[nH]c(=O)c(C(=O)OCC)c(O)c1Br.c1ccc([C@H]2CCNC2)cc1. The number of halogens is 2. The number of amides is 2. The summed E-state index contributed by atoms with van der Waals surface area (Å²) in [7, 11) is -1.36. The van der Waals surface area contributed by atoms with Crippen LogP contribution >= 0.6 is 31.9 Å². The molecule has 18 nitrogen and oxygen atoms in total. The van der Waals surface area contributed by atoms with Crippen LogP contribution in [0.1, 0.15) is 219 Å². The van der Waals surface area contributed by atoms with Crippen LogP contribution in [-0.2, 0) is 24.0 Å². The van der Waals surface area contributed by atoms with Crippen LogP contribution in [0.25, 0.3) is 11.1 Å². The van der Waals surface area contributed by atoms with Crippen LogP contribution in [0.4, 0.5) is 0 Å². The standard InChI is InChI=1S/C29H34N2O3.C20H23BrN2O3.C12H16BrNO4.C10H13N.C9H13BO2/c1-4-5-14-24-25(22-13-9-12-21(17-22)19(2)3)27(32)26(28(33)30-24)29(34)31-16-15-23(18-31)20-10-7-6-8-11-20;1-2-3-9-15-17(21)18(24)16(19(25)22-15)20(26)23-11-10-14(12-23)13-7-5-4-6-8-13;1-3-5-6-7-9(13)10(15)8(11(16)14-7)12(17)18-4-2;1-2-4-9(5-3-1)10-6-7-11-8-10;1-7(2)8-4-3-5-9(6-8)10(11)12/h6-13,17,19,23H,4-5,14-16,18H2,1-3H3,(H2,30,32,33);4-8,14H,2-3,9-12H2,1H3,(H2,22,24,25);3-6H2,1-2H3,(H2,14,15,16);1-5,10-11H,6-8H2;3-7,11-12H,1-2H3/t23-;14-;;10-;/m00.0./s1. The van der Waals surface area contributed by atoms with Gasteiger partial charge in [-0.2, -0.15) is 0 Å². The number of aromatic nitrogens is 3. The molecule has 2 amide bonds. The Labute approximate surface area is 610 Å². The summed E-state index contributed by atoms with van der Waals surface area (Å²) in [5, 5.41) is 52.9. The number of aromatic amines is 3. The molecule has 0 aliphatic carbocycles. The second kappa shape index (κ2) is 39.8. The minimum absolute atomic E-state index is 0.146. The maximum Gasteiger partial charge on any atom is 0.488 e. The molecule has 3 fully saturated rings. The van der Waals surface area contributed by atoms with Crippen LogP contribution in [0.2, 0.25) is 0 Å². The zero-order valence-electron chi connectivity index (χ0n) is 59.4. The molecule has 0 unspecified atom stereocenters. The van der Waals surface area contributed by atoms with Crippen molar-refractivity contribution in [3.63, 3.8) is 0 Å². The highest BCUT2D eigenvalue weighted by Gasteiger charge is 2.34. The molecular formula is C80H99BBr2N6O12. The summed E-state index contributed by atoms with van der Waals surface area (Å²) in [5.74, 6) is -0.458. The third kappa shape index (κ3) is 21.8. The van der Waals surface area contributed by atoms with Crippen molar-refractivity contribution in [1.29, 1.82) is 0 Å². The lowest BCUT2D eigenvalue weighted by Gasteiger charge is -2.20. The van der Waals surface area contributed by atoms with Crippen LogP contribution in [0, 0.1) is 0 Å². The van der Waals surface area contributed by atoms with Gasteiger partial charge in [-0.1, -0.05) is 207 Å². The lowest BCUT2D eigenvalue weighted by molar-refractivity contribution is 0.0520. The van der Waals surface area contributed by atoms with Crippen molar-refractivity contribution in [3.05, 3.63) is 241 Å². The highest BCUT2D eigenvalue weighted by atomic mass is 79.9. The van der Waals surface area contributed by atoms with Crippen LogP contribution in [0.15, 0.2) is 163 Å². The molecule has 5 aromatic carbocycles. The number of likely N-dealkylation sites (tertiary alicyclic amines) is 2. The number of hydrogen-bond acceptors (Lipinski definition) is 13. The van der Waals surface area contributed by atoms with Crippen molar-refractivity contribution >= 4 is 62.2 Å². The third-order valence-electron chi connectivity index (χ3n) is 18.5. The number of nitrogens with zero attached hydrogens (tertiary/aromatic N) is 2. The molecule has 3 saturated heterocycles. The van der Waals surface area contributed by atoms with Gasteiger partial charge in [0.05, 0.1) is 15.6 Å². The van der Waals surface area contributed by atoms with Gasteiger partial charge in [0.2, 0.25) is 0 Å². The van der Waals surface area contributed by atoms with Crippen LogP contribution in [0.5, 0.6) is 17.2 Å². The summed E-state index contributed by atoms with van der Waals surface area (Å²) in [6, 6.07) is 46.3. The molecule has 21 heteroatoms. The number of ether oxygens (including phenoxy) is 1. The predicted octanol–water partition coefficient (Wildman–Crippen LogP) is 14.3. The van der Waals surface area contributed by atoms with Gasteiger partial charge in [-0.25, -0.2) is 4.79 Å². The molecule has 8 aromatic rings. The van der Waals surface area contributed by atoms with Gasteiger partial charge >= 0.3 is 13.1 Å². The summed E-state index contributed by atoms with van der Waals surface area (Å²) in [6.07, 6.45) is 10.5. The Bertz CT molecular complexity index is 4160. The van der Waals surface area contributed by atoms with E-state index in [1.165, 1.54) is 29.7 Å². The molecule has 11 rings (SSSR count). The Morgan fingerprint density at radius 1 is 0.525 bits per heavy atom. The summed E-state index contributed by atoms with van der Waals surface area (Å²) in [6.45, 7) is 20.9. The first-order chi connectivity index (χ1) is 48.5. The Hall–Kier alpha value is -8.34. The summed E-state index contributed by atoms with van der Waals surface area (Å²) in [4.78, 5) is 86.8. The predicted molar refractivity (Wildman–Crippen MR) is 409 cm³/mol. The van der Waals surface area contributed by atoms with Gasteiger partial charge in [-0.15, -0.1) is 0 Å². The van der Waals surface area contributed by atoms with E-state index in [2.05, 4.69) is 154 Å². The maximum absolute atomic E-state index is 13.5. The van der Waals surface area contributed by atoms with Gasteiger partial charge in [0.15, 0.2) is 11.3 Å². The largest absolute Gasteiger partial charge is 0.506 e. The number of benzene rings is 5. The number of aryl methyl sites for hydroxylation is 3. The first kappa shape index (κ1) is 80.0. The zero-order chi connectivity index (χ0) is 73.3. The average Bonchev–Trinajstić information content (AvgIpc) is 1.51. The monoisotopic (exact) mass is 1500 g/mol. The van der Waals surface area contributed by atoms with E-state index in [4.69, 9.17) is 14.8 Å². The Balaban J connectivity index is 0.000000189. The Morgan fingerprint density at radius 3 is 1.38 bits per heavy atom. The first-order valence-corrected chi connectivity index (χ1v) is 37.0. The molecule has 3 atom stereocenters. The van der Waals surface area contributed by atoms with E-state index in [0.717, 1.165) is 80.5 Å². The molecule has 538 valence electrons. The number of pyridine rings is 3. The molecular weight excluding hydrogens is 1410 g/mol. The smallest absolute Gasteiger partial charge is 0.488 e. The number of hydrogen-bond donors (Lipinski definition) is 9. The number of esters is 1. The Kier molecular flexibility index (Phi) is 31.5. The minimum Gasteiger partial charge on any atom is -0.506 e. The fraction of sp³-hybridized carbons (Fsp3) is 0.400. The van der Waals surface area contributed by atoms with E-state index >= 15 is 0 Å². The summed E-state index contributed by atoms with van der Waals surface area (Å²) < 4.78 is 5.48. The van der Waals surface area contributed by atoms with E-state index in [1.54, 1.807) is 22.8 Å². The number of carbonyl (C=O) groups excluding carboxylic acids is 3. The topological polar surface area (TPSA) is 279 Å². The molecule has 101 heavy (non-hydrogen) atoms. The second-order valence-corrected chi connectivity index (χ2v) is 28.0. The van der Waals surface area contributed by atoms with E-state index in [1.807, 2.05) is 79.7 Å². The summed E-state index contributed by atoms with van der Waals surface area (Å²) in [5.41, 5.74) is 7.64. The van der Waals surface area contributed by atoms with Gasteiger partial charge in [0, 0.05) is 67.2 Å². The fourth-order valence-electron chi connectivity index (χ4n) is 12.6. The summed E-state index contributed by atoms with van der Waals surface area (Å²) >= 11 is 6.52. The van der Waals surface area contributed by atoms with Crippen molar-refractivity contribution in [2.75, 3.05) is 45.9 Å². The Morgan fingerprint density at radius 2 is 0.941 bits per heavy atom. The van der Waals surface area contributed by atoms with E-state index in [0.29, 0.717) is 94.3 Å². The number of rotatable bonds is 20. The lowest BCUT2D eigenvalue weighted by Crippen LogP contribution is -2.33. The number of unbranched alkanes of at least 4 members (excludes halogenated alkanes) is 3. The van der Waals surface area contributed by atoms with Crippen molar-refractivity contribution in [2.45, 2.75) is 162 Å². The van der Waals surface area contributed by atoms with Gasteiger partial charge in [0.25, 0.3) is 28.5 Å². The van der Waals surface area contributed by atoms with Gasteiger partial charge < -0.3 is 60.2 Å². The molecule has 3 aliphatic heterocycles. The number of H-pyrrole nitrogens is 3.